The fourth-order valence-corrected chi connectivity index (χ4v) is 2.59. The van der Waals surface area contributed by atoms with Crippen molar-refractivity contribution in [2.75, 3.05) is 6.61 Å². The van der Waals surface area contributed by atoms with Gasteiger partial charge in [0.15, 0.2) is 6.04 Å². The number of amides is 3. The molecule has 0 aromatic carbocycles. The smallest absolute Gasteiger partial charge is 0.328 e. The average Bonchev–Trinajstić information content (AvgIpc) is 2.66. The quantitative estimate of drug-likeness (QED) is 0.179. The molecule has 174 valence electrons. The highest BCUT2D eigenvalue weighted by Gasteiger charge is 2.32. The van der Waals surface area contributed by atoms with Gasteiger partial charge in [-0.2, -0.15) is 0 Å². The molecule has 0 rings (SSSR count). The molecule has 0 bridgehead atoms. The largest absolute Gasteiger partial charge is 0.480 e. The van der Waals surface area contributed by atoms with Crippen molar-refractivity contribution in [3.8, 4) is 0 Å². The monoisotopic (exact) mass is 432 g/mol. The van der Waals surface area contributed by atoms with Crippen LogP contribution in [0.5, 0.6) is 0 Å². The van der Waals surface area contributed by atoms with E-state index in [1.165, 1.54) is 6.92 Å². The summed E-state index contributed by atoms with van der Waals surface area (Å²) in [5.41, 5.74) is 5.83. The minimum Gasteiger partial charge on any atom is -0.480 e. The highest BCUT2D eigenvalue weighted by atomic mass is 16.4. The predicted molar refractivity (Wildman–Crippen MR) is 109 cm³/mol. The van der Waals surface area contributed by atoms with E-state index < -0.39 is 60.6 Å². The minimum atomic E-state index is -1.55. The van der Waals surface area contributed by atoms with E-state index in [0.29, 0.717) is 6.42 Å². The van der Waals surface area contributed by atoms with E-state index in [9.17, 15) is 29.4 Å². The van der Waals surface area contributed by atoms with Gasteiger partial charge < -0.3 is 37.0 Å². The summed E-state index contributed by atoms with van der Waals surface area (Å²) in [6, 6.07) is -4.88. The Hall–Kier alpha value is -2.24. The van der Waals surface area contributed by atoms with E-state index in [1.54, 1.807) is 20.8 Å². The van der Waals surface area contributed by atoms with E-state index in [4.69, 9.17) is 10.8 Å². The van der Waals surface area contributed by atoms with Gasteiger partial charge in [-0.25, -0.2) is 4.79 Å². The molecule has 0 aromatic rings. The Bertz CT molecular complexity index is 597. The van der Waals surface area contributed by atoms with E-state index in [0.717, 1.165) is 0 Å². The molecular weight excluding hydrogens is 396 g/mol. The molecule has 30 heavy (non-hydrogen) atoms. The Morgan fingerprint density at radius 3 is 1.80 bits per heavy atom. The third-order valence-electron chi connectivity index (χ3n) is 4.76. The number of carbonyl (C=O) groups is 4. The van der Waals surface area contributed by atoms with E-state index >= 15 is 0 Å². The van der Waals surface area contributed by atoms with E-state index in [-0.39, 0.29) is 18.3 Å². The molecule has 0 aromatic heterocycles. The van der Waals surface area contributed by atoms with E-state index in [1.807, 2.05) is 6.92 Å². The second-order valence-electron chi connectivity index (χ2n) is 7.91. The number of hydrogen-bond donors (Lipinski definition) is 7. The summed E-state index contributed by atoms with van der Waals surface area (Å²) in [6.07, 6.45) is -0.536. The molecule has 0 saturated carbocycles. The molecule has 6 atom stereocenters. The second kappa shape index (κ2) is 13.1. The van der Waals surface area contributed by atoms with Crippen molar-refractivity contribution in [3.05, 3.63) is 0 Å². The fourth-order valence-electron chi connectivity index (χ4n) is 2.59. The second-order valence-corrected chi connectivity index (χ2v) is 7.91. The highest BCUT2D eigenvalue weighted by molar-refractivity contribution is 5.94. The van der Waals surface area contributed by atoms with Crippen molar-refractivity contribution in [3.63, 3.8) is 0 Å². The first-order valence-electron chi connectivity index (χ1n) is 10.0. The molecule has 0 fully saturated rings. The molecule has 0 aliphatic carbocycles. The van der Waals surface area contributed by atoms with Gasteiger partial charge in [-0.3, -0.25) is 14.4 Å². The lowest BCUT2D eigenvalue weighted by Crippen LogP contribution is -2.59. The maximum absolute atomic E-state index is 12.5. The molecule has 0 saturated heterocycles. The number of aliphatic carboxylic acids is 1. The van der Waals surface area contributed by atoms with Gasteiger partial charge in [0.25, 0.3) is 0 Å². The van der Waals surface area contributed by atoms with Crippen molar-refractivity contribution in [2.45, 2.75) is 77.7 Å². The number of rotatable bonds is 13. The molecule has 6 unspecified atom stereocenters. The van der Waals surface area contributed by atoms with Crippen molar-refractivity contribution < 1.29 is 34.5 Å². The first-order valence-corrected chi connectivity index (χ1v) is 10.0. The first kappa shape index (κ1) is 27.8. The molecule has 11 nitrogen and oxygen atoms in total. The third kappa shape index (κ3) is 9.06. The molecule has 0 spiro atoms. The SMILES string of the molecule is CCC(C)C(N)C(=O)NC(CO)C(=O)NC(CC(C)C)C(=O)NC(C(=O)O)C(C)O. The molecule has 0 radical (unpaired) electrons. The maximum atomic E-state index is 12.5. The average molecular weight is 433 g/mol. The number of nitrogens with two attached hydrogens (primary N) is 1. The van der Waals surface area contributed by atoms with Crippen LogP contribution in [-0.4, -0.2) is 75.9 Å². The zero-order valence-corrected chi connectivity index (χ0v) is 18.2. The third-order valence-corrected chi connectivity index (χ3v) is 4.76. The normalized spacial score (nSPS) is 17.2. The summed E-state index contributed by atoms with van der Waals surface area (Å²) >= 11 is 0. The van der Waals surface area contributed by atoms with E-state index in [2.05, 4.69) is 16.0 Å². The van der Waals surface area contributed by atoms with Crippen LogP contribution in [0.25, 0.3) is 0 Å². The lowest BCUT2D eigenvalue weighted by atomic mass is 9.99. The minimum absolute atomic E-state index is 0.0446. The molecular formula is C19H36N4O7. The molecule has 0 aliphatic rings. The number of aliphatic hydroxyl groups excluding tert-OH is 2. The Kier molecular flexibility index (Phi) is 12.2. The number of nitrogens with one attached hydrogen (secondary N) is 3. The zero-order valence-electron chi connectivity index (χ0n) is 18.2. The van der Waals surface area contributed by atoms with Crippen LogP contribution in [0.2, 0.25) is 0 Å². The van der Waals surface area contributed by atoms with Crippen LogP contribution in [-0.2, 0) is 19.2 Å². The molecule has 11 heteroatoms. The molecule has 0 heterocycles. The van der Waals surface area contributed by atoms with Gasteiger partial charge in [0, 0.05) is 0 Å². The fraction of sp³-hybridized carbons (Fsp3) is 0.789. The summed E-state index contributed by atoms with van der Waals surface area (Å²) < 4.78 is 0. The lowest BCUT2D eigenvalue weighted by molar-refractivity contribution is -0.145. The summed E-state index contributed by atoms with van der Waals surface area (Å²) in [6.45, 7) is 7.74. The van der Waals surface area contributed by atoms with Crippen LogP contribution in [0.1, 0.15) is 47.5 Å². The predicted octanol–water partition coefficient (Wildman–Crippen LogP) is -1.68. The Labute approximate surface area is 176 Å². The number of carbonyl (C=O) groups excluding carboxylic acids is 3. The summed E-state index contributed by atoms with van der Waals surface area (Å²) in [5, 5.41) is 35.2. The molecule has 3 amide bonds. The van der Waals surface area contributed by atoms with Gasteiger partial charge in [-0.15, -0.1) is 0 Å². The van der Waals surface area contributed by atoms with Crippen molar-refractivity contribution in [1.82, 2.24) is 16.0 Å². The van der Waals surface area contributed by atoms with Crippen LogP contribution >= 0.6 is 0 Å². The summed E-state index contributed by atoms with van der Waals surface area (Å²) in [7, 11) is 0. The van der Waals surface area contributed by atoms with Crippen LogP contribution in [0.15, 0.2) is 0 Å². The van der Waals surface area contributed by atoms with Crippen molar-refractivity contribution >= 4 is 23.7 Å². The van der Waals surface area contributed by atoms with Gasteiger partial charge >= 0.3 is 5.97 Å². The maximum Gasteiger partial charge on any atom is 0.328 e. The Morgan fingerprint density at radius 1 is 0.900 bits per heavy atom. The number of hydrogen-bond acceptors (Lipinski definition) is 7. The van der Waals surface area contributed by atoms with Gasteiger partial charge in [-0.05, 0) is 25.2 Å². The molecule has 0 aliphatic heterocycles. The standard InChI is InChI=1S/C19H36N4O7/c1-6-10(4)14(20)18(28)22-13(8-24)17(27)21-12(7-9(2)3)16(26)23-15(11(5)25)19(29)30/h9-15,24-25H,6-8,20H2,1-5H3,(H,21,27)(H,22,28)(H,23,26)(H,29,30). The Morgan fingerprint density at radius 2 is 1.40 bits per heavy atom. The number of aliphatic hydroxyl groups is 2. The Balaban J connectivity index is 5.29. The summed E-state index contributed by atoms with van der Waals surface area (Å²) in [5.74, 6) is -3.83. The summed E-state index contributed by atoms with van der Waals surface area (Å²) in [4.78, 5) is 48.5. The van der Waals surface area contributed by atoms with Gasteiger partial charge in [0.2, 0.25) is 17.7 Å². The van der Waals surface area contributed by atoms with Gasteiger partial charge in [-0.1, -0.05) is 34.1 Å². The number of carboxylic acids is 1. The number of carboxylic acid groups (broad SMARTS) is 1. The molecule has 8 N–H and O–H groups in total. The first-order chi connectivity index (χ1) is 13.8. The van der Waals surface area contributed by atoms with Gasteiger partial charge in [0.05, 0.1) is 18.8 Å². The van der Waals surface area contributed by atoms with Crippen LogP contribution < -0.4 is 21.7 Å². The highest BCUT2D eigenvalue weighted by Crippen LogP contribution is 2.08. The van der Waals surface area contributed by atoms with Crippen LogP contribution in [0.4, 0.5) is 0 Å². The van der Waals surface area contributed by atoms with Crippen molar-refractivity contribution in [2.24, 2.45) is 17.6 Å². The topological polar surface area (TPSA) is 191 Å². The van der Waals surface area contributed by atoms with Crippen molar-refractivity contribution in [1.29, 1.82) is 0 Å². The van der Waals surface area contributed by atoms with Crippen LogP contribution in [0.3, 0.4) is 0 Å². The zero-order chi connectivity index (χ0) is 23.6. The lowest BCUT2D eigenvalue weighted by Gasteiger charge is -2.26. The van der Waals surface area contributed by atoms with Crippen LogP contribution in [0, 0.1) is 11.8 Å². The van der Waals surface area contributed by atoms with Gasteiger partial charge in [0.1, 0.15) is 12.1 Å².